The lowest BCUT2D eigenvalue weighted by atomic mass is 9.78. The zero-order chi connectivity index (χ0) is 26.0. The molecule has 0 aromatic heterocycles. The molecule has 2 nitrogen and oxygen atoms in total. The molecule has 0 aliphatic heterocycles. The van der Waals surface area contributed by atoms with Gasteiger partial charge in [0.1, 0.15) is 24.7 Å². The molecule has 0 radical (unpaired) electrons. The Morgan fingerprint density at radius 1 is 0.694 bits per heavy atom. The van der Waals surface area contributed by atoms with Crippen molar-refractivity contribution < 1.29 is 9.47 Å². The third-order valence-corrected chi connectivity index (χ3v) is 6.40. The molecule has 0 spiro atoms. The molecule has 0 heterocycles. The average Bonchev–Trinajstić information content (AvgIpc) is 3.12. The molecular weight excluding hydrogens is 440 g/mol. The van der Waals surface area contributed by atoms with Gasteiger partial charge < -0.3 is 9.47 Å². The number of hydrogen-bond donors (Lipinski definition) is 0. The first-order valence-electron chi connectivity index (χ1n) is 12.9. The van der Waals surface area contributed by atoms with E-state index in [1.807, 2.05) is 26.0 Å². The molecule has 0 amide bonds. The minimum atomic E-state index is -0.0581. The lowest BCUT2D eigenvalue weighted by Gasteiger charge is -2.26. The van der Waals surface area contributed by atoms with Crippen LogP contribution < -0.4 is 4.74 Å². The van der Waals surface area contributed by atoms with Gasteiger partial charge in [-0.3, -0.25) is 0 Å². The zero-order valence-corrected chi connectivity index (χ0v) is 22.7. The maximum Gasteiger partial charge on any atom is 0.119 e. The van der Waals surface area contributed by atoms with E-state index in [1.165, 1.54) is 22.3 Å². The average molecular weight is 481 g/mol. The molecule has 0 fully saturated rings. The Labute approximate surface area is 218 Å². The fraction of sp³-hybridized carbons (Fsp3) is 0.294. The van der Waals surface area contributed by atoms with Crippen molar-refractivity contribution in [1.29, 1.82) is 0 Å². The van der Waals surface area contributed by atoms with Crippen molar-refractivity contribution in [1.82, 2.24) is 0 Å². The first kappa shape index (κ1) is 27.1. The SMILES string of the molecule is CC.CC1=CC=CC=C(OCc2cccc(COc3ccc(C(C)(C)c4ccc(C)cc4)cc3)c2)C1. The molecule has 0 N–H and O–H groups in total. The van der Waals surface area contributed by atoms with Gasteiger partial charge in [0.15, 0.2) is 0 Å². The molecule has 3 aromatic rings. The van der Waals surface area contributed by atoms with Crippen LogP contribution in [0.2, 0.25) is 0 Å². The second-order valence-electron chi connectivity index (χ2n) is 9.62. The molecule has 3 aromatic carbocycles. The fourth-order valence-electron chi connectivity index (χ4n) is 4.13. The maximum atomic E-state index is 6.09. The standard InChI is InChI=1S/C32H34O2.C2H6/c1-24-12-14-28(15-13-24)32(3,4)29-16-18-30(19-17-29)33-22-26-9-7-10-27(21-26)23-34-31-11-6-5-8-25(2)20-31;1-2/h5-19,21H,20,22-23H2,1-4H3;1-2H3. The third-order valence-electron chi connectivity index (χ3n) is 6.40. The summed E-state index contributed by atoms with van der Waals surface area (Å²) in [7, 11) is 0. The van der Waals surface area contributed by atoms with Crippen LogP contribution in [0.1, 0.15) is 68.9 Å². The van der Waals surface area contributed by atoms with Gasteiger partial charge in [-0.05, 0) is 60.4 Å². The monoisotopic (exact) mass is 480 g/mol. The van der Waals surface area contributed by atoms with Gasteiger partial charge in [0.25, 0.3) is 0 Å². The molecule has 4 rings (SSSR count). The second-order valence-corrected chi connectivity index (χ2v) is 9.62. The van der Waals surface area contributed by atoms with Crippen LogP contribution in [0, 0.1) is 6.92 Å². The van der Waals surface area contributed by atoms with E-state index >= 15 is 0 Å². The lowest BCUT2D eigenvalue weighted by molar-refractivity contribution is 0.193. The van der Waals surface area contributed by atoms with Crippen LogP contribution in [0.3, 0.4) is 0 Å². The van der Waals surface area contributed by atoms with Gasteiger partial charge in [0, 0.05) is 11.8 Å². The Morgan fingerprint density at radius 3 is 1.89 bits per heavy atom. The van der Waals surface area contributed by atoms with Crippen molar-refractivity contribution >= 4 is 0 Å². The number of hydrogen-bond acceptors (Lipinski definition) is 2. The van der Waals surface area contributed by atoms with Gasteiger partial charge in [0.2, 0.25) is 0 Å². The Morgan fingerprint density at radius 2 is 1.25 bits per heavy atom. The van der Waals surface area contributed by atoms with Gasteiger partial charge in [-0.25, -0.2) is 0 Å². The number of rotatable bonds is 8. The summed E-state index contributed by atoms with van der Waals surface area (Å²) in [5.74, 6) is 1.88. The van der Waals surface area contributed by atoms with Gasteiger partial charge in [-0.2, -0.15) is 0 Å². The minimum absolute atomic E-state index is 0.0581. The van der Waals surface area contributed by atoms with E-state index < -0.39 is 0 Å². The summed E-state index contributed by atoms with van der Waals surface area (Å²) in [5, 5.41) is 0. The van der Waals surface area contributed by atoms with E-state index in [0.717, 1.165) is 29.1 Å². The third kappa shape index (κ3) is 7.49. The van der Waals surface area contributed by atoms with Gasteiger partial charge in [-0.1, -0.05) is 112 Å². The smallest absolute Gasteiger partial charge is 0.119 e. The van der Waals surface area contributed by atoms with Gasteiger partial charge >= 0.3 is 0 Å². The number of benzene rings is 3. The van der Waals surface area contributed by atoms with Gasteiger partial charge in [0.05, 0.1) is 0 Å². The van der Waals surface area contributed by atoms with Crippen LogP contribution in [0.25, 0.3) is 0 Å². The van der Waals surface area contributed by atoms with Crippen molar-refractivity contribution in [2.24, 2.45) is 0 Å². The van der Waals surface area contributed by atoms with Crippen LogP contribution in [0.4, 0.5) is 0 Å². The Kier molecular flexibility index (Phi) is 9.76. The number of ether oxygens (including phenoxy) is 2. The van der Waals surface area contributed by atoms with Crippen molar-refractivity contribution in [3.63, 3.8) is 0 Å². The molecule has 1 aliphatic carbocycles. The summed E-state index contributed by atoms with van der Waals surface area (Å²) < 4.78 is 12.1. The van der Waals surface area contributed by atoms with E-state index in [-0.39, 0.29) is 5.41 Å². The van der Waals surface area contributed by atoms with Crippen molar-refractivity contribution in [3.8, 4) is 5.75 Å². The highest BCUT2D eigenvalue weighted by atomic mass is 16.5. The highest BCUT2D eigenvalue weighted by Gasteiger charge is 2.22. The van der Waals surface area contributed by atoms with E-state index in [4.69, 9.17) is 9.47 Å². The van der Waals surface area contributed by atoms with E-state index in [9.17, 15) is 0 Å². The summed E-state index contributed by atoms with van der Waals surface area (Å²) in [6.07, 6.45) is 9.11. The predicted octanol–water partition coefficient (Wildman–Crippen LogP) is 9.23. The highest BCUT2D eigenvalue weighted by molar-refractivity contribution is 5.41. The molecule has 0 atom stereocenters. The van der Waals surface area contributed by atoms with Crippen LogP contribution in [0.15, 0.2) is 108 Å². The quantitative estimate of drug-likeness (QED) is 0.320. The molecule has 0 unspecified atom stereocenters. The molecule has 0 bridgehead atoms. The van der Waals surface area contributed by atoms with Crippen molar-refractivity contribution in [3.05, 3.63) is 136 Å². The van der Waals surface area contributed by atoms with E-state index in [0.29, 0.717) is 13.2 Å². The Hall–Kier alpha value is -3.52. The number of aryl methyl sites for hydroxylation is 1. The summed E-state index contributed by atoms with van der Waals surface area (Å²) in [5.41, 5.74) is 7.39. The zero-order valence-electron chi connectivity index (χ0n) is 22.7. The second kappa shape index (κ2) is 13.0. The molecule has 1 aliphatic rings. The minimum Gasteiger partial charge on any atom is -0.493 e. The predicted molar refractivity (Wildman–Crippen MR) is 152 cm³/mol. The summed E-state index contributed by atoms with van der Waals surface area (Å²) >= 11 is 0. The van der Waals surface area contributed by atoms with Crippen LogP contribution in [0.5, 0.6) is 5.75 Å². The topological polar surface area (TPSA) is 18.5 Å². The first-order chi connectivity index (χ1) is 17.4. The Bertz CT molecular complexity index is 1190. The van der Waals surface area contributed by atoms with Crippen LogP contribution in [-0.4, -0.2) is 0 Å². The maximum absolute atomic E-state index is 6.09. The molecular formula is C34H40O2. The summed E-state index contributed by atoms with van der Waals surface area (Å²) in [4.78, 5) is 0. The summed E-state index contributed by atoms with van der Waals surface area (Å²) in [6, 6.07) is 25.7. The fourth-order valence-corrected chi connectivity index (χ4v) is 4.13. The van der Waals surface area contributed by atoms with Crippen molar-refractivity contribution in [2.45, 2.75) is 66.6 Å². The molecule has 2 heteroatoms. The summed E-state index contributed by atoms with van der Waals surface area (Å²) in [6.45, 7) is 13.9. The van der Waals surface area contributed by atoms with Crippen molar-refractivity contribution in [2.75, 3.05) is 0 Å². The van der Waals surface area contributed by atoms with Gasteiger partial charge in [-0.15, -0.1) is 0 Å². The molecule has 36 heavy (non-hydrogen) atoms. The largest absolute Gasteiger partial charge is 0.493 e. The highest BCUT2D eigenvalue weighted by Crippen LogP contribution is 2.32. The number of allylic oxidation sites excluding steroid dienone is 5. The van der Waals surface area contributed by atoms with Crippen LogP contribution >= 0.6 is 0 Å². The van der Waals surface area contributed by atoms with E-state index in [1.54, 1.807) is 0 Å². The molecule has 0 saturated heterocycles. The Balaban J connectivity index is 0.00000176. The molecule has 0 saturated carbocycles. The van der Waals surface area contributed by atoms with Crippen LogP contribution in [-0.2, 0) is 23.4 Å². The lowest BCUT2D eigenvalue weighted by Crippen LogP contribution is -2.18. The molecule has 188 valence electrons. The normalized spacial score (nSPS) is 13.1. The first-order valence-corrected chi connectivity index (χ1v) is 12.9. The van der Waals surface area contributed by atoms with E-state index in [2.05, 4.69) is 113 Å².